The topological polar surface area (TPSA) is 55.8 Å². The van der Waals surface area contributed by atoms with Gasteiger partial charge in [-0.25, -0.2) is 14.0 Å². The minimum atomic E-state index is -1.44. The van der Waals surface area contributed by atoms with Gasteiger partial charge in [-0.1, -0.05) is 48.5 Å². The summed E-state index contributed by atoms with van der Waals surface area (Å²) in [7, 11) is 0. The van der Waals surface area contributed by atoms with Gasteiger partial charge in [-0.15, -0.1) is 0 Å². The van der Waals surface area contributed by atoms with Crippen molar-refractivity contribution in [2.45, 2.75) is 25.3 Å². The standard InChI is InChI=1S/C20H20FNO4/c21-17-13-22(20(24)25-14-15-7-3-1-4-8-15)12-11-18(17)26-19(23)16-9-5-2-6-10-16/h1-10,17-18H,11-14H2. The van der Waals surface area contributed by atoms with Gasteiger partial charge in [-0.2, -0.15) is 0 Å². The molecule has 2 atom stereocenters. The summed E-state index contributed by atoms with van der Waals surface area (Å²) in [5.41, 5.74) is 1.24. The number of alkyl halides is 1. The van der Waals surface area contributed by atoms with Gasteiger partial charge in [0.2, 0.25) is 0 Å². The molecule has 5 nitrogen and oxygen atoms in total. The van der Waals surface area contributed by atoms with Gasteiger partial charge in [0.25, 0.3) is 0 Å². The van der Waals surface area contributed by atoms with Crippen molar-refractivity contribution in [1.82, 2.24) is 4.90 Å². The first kappa shape index (κ1) is 17.9. The van der Waals surface area contributed by atoms with E-state index in [0.29, 0.717) is 5.56 Å². The smallest absolute Gasteiger partial charge is 0.410 e. The second kappa shape index (κ2) is 8.47. The minimum absolute atomic E-state index is 0.138. The fourth-order valence-corrected chi connectivity index (χ4v) is 2.77. The van der Waals surface area contributed by atoms with Crippen molar-refractivity contribution in [2.24, 2.45) is 0 Å². The molecule has 6 heteroatoms. The molecule has 1 saturated heterocycles. The van der Waals surface area contributed by atoms with Gasteiger partial charge in [0.1, 0.15) is 12.7 Å². The molecule has 0 spiro atoms. The lowest BCUT2D eigenvalue weighted by Crippen LogP contribution is -2.48. The lowest BCUT2D eigenvalue weighted by Gasteiger charge is -2.33. The van der Waals surface area contributed by atoms with Crippen molar-refractivity contribution in [3.8, 4) is 0 Å². The van der Waals surface area contributed by atoms with Gasteiger partial charge in [-0.3, -0.25) is 0 Å². The van der Waals surface area contributed by atoms with Crippen LogP contribution in [0.1, 0.15) is 22.3 Å². The first-order chi connectivity index (χ1) is 12.6. The van der Waals surface area contributed by atoms with Gasteiger partial charge in [0.15, 0.2) is 6.17 Å². The van der Waals surface area contributed by atoms with E-state index in [9.17, 15) is 14.0 Å². The van der Waals surface area contributed by atoms with Crippen molar-refractivity contribution in [3.63, 3.8) is 0 Å². The number of hydrogen-bond acceptors (Lipinski definition) is 4. The van der Waals surface area contributed by atoms with Gasteiger partial charge in [-0.05, 0) is 17.7 Å². The molecule has 3 rings (SSSR count). The molecule has 2 aromatic rings. The van der Waals surface area contributed by atoms with Crippen LogP contribution < -0.4 is 0 Å². The predicted molar refractivity (Wildman–Crippen MR) is 93.4 cm³/mol. The molecule has 1 amide bonds. The van der Waals surface area contributed by atoms with E-state index in [2.05, 4.69) is 0 Å². The molecule has 1 fully saturated rings. The minimum Gasteiger partial charge on any atom is -0.456 e. The third-order valence-corrected chi connectivity index (χ3v) is 4.21. The Labute approximate surface area is 151 Å². The van der Waals surface area contributed by atoms with Crippen LogP contribution >= 0.6 is 0 Å². The summed E-state index contributed by atoms with van der Waals surface area (Å²) in [4.78, 5) is 25.4. The molecule has 0 N–H and O–H groups in total. The Morgan fingerprint density at radius 3 is 2.35 bits per heavy atom. The van der Waals surface area contributed by atoms with E-state index in [1.165, 1.54) is 4.90 Å². The van der Waals surface area contributed by atoms with Crippen molar-refractivity contribution in [3.05, 3.63) is 71.8 Å². The maximum absolute atomic E-state index is 14.4. The maximum atomic E-state index is 14.4. The molecular formula is C20H20FNO4. The highest BCUT2D eigenvalue weighted by Gasteiger charge is 2.34. The van der Waals surface area contributed by atoms with Crippen LogP contribution in [-0.2, 0) is 16.1 Å². The first-order valence-corrected chi connectivity index (χ1v) is 8.49. The van der Waals surface area contributed by atoms with Crippen molar-refractivity contribution in [1.29, 1.82) is 0 Å². The number of hydrogen-bond donors (Lipinski definition) is 0. The molecule has 0 bridgehead atoms. The van der Waals surface area contributed by atoms with Crippen LogP contribution in [-0.4, -0.2) is 42.3 Å². The largest absolute Gasteiger partial charge is 0.456 e. The van der Waals surface area contributed by atoms with Gasteiger partial charge < -0.3 is 14.4 Å². The number of amides is 1. The fourth-order valence-electron chi connectivity index (χ4n) is 2.77. The Bertz CT molecular complexity index is 738. The number of carbonyl (C=O) groups excluding carboxylic acids is 2. The van der Waals surface area contributed by atoms with Crippen LogP contribution in [0, 0.1) is 0 Å². The zero-order chi connectivity index (χ0) is 18.4. The summed E-state index contributed by atoms with van der Waals surface area (Å²) in [6, 6.07) is 17.7. The van der Waals surface area contributed by atoms with E-state index >= 15 is 0 Å². The second-order valence-corrected chi connectivity index (χ2v) is 6.10. The maximum Gasteiger partial charge on any atom is 0.410 e. The third-order valence-electron chi connectivity index (χ3n) is 4.21. The first-order valence-electron chi connectivity index (χ1n) is 8.49. The Morgan fingerprint density at radius 2 is 1.69 bits per heavy atom. The zero-order valence-corrected chi connectivity index (χ0v) is 14.2. The SMILES string of the molecule is O=C(OC1CCN(C(=O)OCc2ccccc2)CC1F)c1ccccc1. The van der Waals surface area contributed by atoms with E-state index in [4.69, 9.17) is 9.47 Å². The highest BCUT2D eigenvalue weighted by atomic mass is 19.1. The number of benzene rings is 2. The summed E-state index contributed by atoms with van der Waals surface area (Å²) < 4.78 is 24.8. The summed E-state index contributed by atoms with van der Waals surface area (Å²) in [5.74, 6) is -0.557. The summed E-state index contributed by atoms with van der Waals surface area (Å²) in [6.07, 6.45) is -2.63. The molecule has 0 saturated carbocycles. The summed E-state index contributed by atoms with van der Waals surface area (Å²) in [5, 5.41) is 0. The predicted octanol–water partition coefficient (Wildman–Crippen LogP) is 3.59. The van der Waals surface area contributed by atoms with Crippen LogP contribution in [0.5, 0.6) is 0 Å². The quantitative estimate of drug-likeness (QED) is 0.785. The van der Waals surface area contributed by atoms with Crippen molar-refractivity contribution in [2.75, 3.05) is 13.1 Å². The van der Waals surface area contributed by atoms with Crippen molar-refractivity contribution >= 4 is 12.1 Å². The van der Waals surface area contributed by atoms with Crippen LogP contribution in [0.4, 0.5) is 9.18 Å². The van der Waals surface area contributed by atoms with Crippen LogP contribution in [0.25, 0.3) is 0 Å². The average Bonchev–Trinajstić information content (AvgIpc) is 2.69. The van der Waals surface area contributed by atoms with Crippen LogP contribution in [0.2, 0.25) is 0 Å². The molecule has 0 aliphatic carbocycles. The molecule has 1 aliphatic heterocycles. The lowest BCUT2D eigenvalue weighted by atomic mass is 10.1. The molecule has 1 aliphatic rings. The highest BCUT2D eigenvalue weighted by molar-refractivity contribution is 5.89. The van der Waals surface area contributed by atoms with Crippen molar-refractivity contribution < 1.29 is 23.5 Å². The average molecular weight is 357 g/mol. The molecule has 26 heavy (non-hydrogen) atoms. The molecule has 0 radical (unpaired) electrons. The van der Waals surface area contributed by atoms with E-state index in [1.54, 1.807) is 30.3 Å². The molecular weight excluding hydrogens is 337 g/mol. The normalized spacial score (nSPS) is 19.7. The Hall–Kier alpha value is -2.89. The van der Waals surface area contributed by atoms with E-state index in [1.807, 2.05) is 30.3 Å². The molecule has 0 aromatic heterocycles. The molecule has 1 heterocycles. The number of piperidine rings is 1. The lowest BCUT2D eigenvalue weighted by molar-refractivity contribution is -0.0252. The number of halogens is 1. The molecule has 2 aromatic carbocycles. The van der Waals surface area contributed by atoms with E-state index < -0.39 is 24.3 Å². The van der Waals surface area contributed by atoms with Gasteiger partial charge in [0, 0.05) is 13.0 Å². The number of rotatable bonds is 4. The van der Waals surface area contributed by atoms with Gasteiger partial charge >= 0.3 is 12.1 Å². The highest BCUT2D eigenvalue weighted by Crippen LogP contribution is 2.20. The second-order valence-electron chi connectivity index (χ2n) is 6.10. The monoisotopic (exact) mass is 357 g/mol. The number of nitrogens with zero attached hydrogens (tertiary/aromatic N) is 1. The zero-order valence-electron chi connectivity index (χ0n) is 14.2. The van der Waals surface area contributed by atoms with Crippen LogP contribution in [0.15, 0.2) is 60.7 Å². The third kappa shape index (κ3) is 4.59. The fraction of sp³-hybridized carbons (Fsp3) is 0.300. The number of likely N-dealkylation sites (tertiary alicyclic amines) is 1. The molecule has 136 valence electrons. The van der Waals surface area contributed by atoms with E-state index in [0.717, 1.165) is 5.56 Å². The van der Waals surface area contributed by atoms with Crippen LogP contribution in [0.3, 0.4) is 0 Å². The Balaban J connectivity index is 1.48. The summed E-state index contributed by atoms with van der Waals surface area (Å²) in [6.45, 7) is 0.265. The number of carbonyl (C=O) groups is 2. The van der Waals surface area contributed by atoms with Gasteiger partial charge in [0.05, 0.1) is 12.1 Å². The number of ether oxygens (including phenoxy) is 2. The Morgan fingerprint density at radius 1 is 1.04 bits per heavy atom. The molecule has 2 unspecified atom stereocenters. The Kier molecular flexibility index (Phi) is 5.84. The summed E-state index contributed by atoms with van der Waals surface area (Å²) >= 11 is 0. The number of esters is 1. The van der Waals surface area contributed by atoms with E-state index in [-0.39, 0.29) is 26.1 Å².